The van der Waals surface area contributed by atoms with Crippen molar-refractivity contribution in [3.63, 3.8) is 0 Å². The molecule has 0 spiro atoms. The van der Waals surface area contributed by atoms with Crippen molar-refractivity contribution in [1.82, 2.24) is 20.0 Å². The molecule has 0 bridgehead atoms. The van der Waals surface area contributed by atoms with Crippen molar-refractivity contribution in [3.05, 3.63) is 47.8 Å². The van der Waals surface area contributed by atoms with Gasteiger partial charge >= 0.3 is 5.97 Å². The Labute approximate surface area is 162 Å². The van der Waals surface area contributed by atoms with Crippen LogP contribution in [0.5, 0.6) is 0 Å². The number of imide groups is 1. The normalized spacial score (nSPS) is 29.3. The Morgan fingerprint density at radius 3 is 2.64 bits per heavy atom. The first-order chi connectivity index (χ1) is 13.3. The Kier molecular flexibility index (Phi) is 4.11. The second-order valence-electron chi connectivity index (χ2n) is 7.56. The van der Waals surface area contributed by atoms with Crippen molar-refractivity contribution in [3.8, 4) is 5.69 Å². The van der Waals surface area contributed by atoms with Crippen molar-refractivity contribution < 1.29 is 19.1 Å². The molecule has 2 saturated heterocycles. The number of hydrogen-bond donors (Lipinski definition) is 1. The zero-order valence-electron chi connectivity index (χ0n) is 16.2. The van der Waals surface area contributed by atoms with Crippen LogP contribution in [0.4, 0.5) is 0 Å². The summed E-state index contributed by atoms with van der Waals surface area (Å²) in [5.74, 6) is -2.74. The summed E-state index contributed by atoms with van der Waals surface area (Å²) in [6.07, 6.45) is 3.50. The van der Waals surface area contributed by atoms with Gasteiger partial charge in [-0.2, -0.15) is 5.10 Å². The smallest absolute Gasteiger partial charge is 0.326 e. The molecule has 1 aromatic heterocycles. The third kappa shape index (κ3) is 2.41. The third-order valence-corrected chi connectivity index (χ3v) is 5.94. The van der Waals surface area contributed by atoms with Gasteiger partial charge in [-0.15, -0.1) is 0 Å². The molecule has 0 saturated carbocycles. The molecule has 4 atom stereocenters. The highest BCUT2D eigenvalue weighted by molar-refractivity contribution is 6.09. The lowest BCUT2D eigenvalue weighted by Gasteiger charge is -2.27. The number of likely N-dealkylation sites (tertiary alicyclic amines) is 1. The van der Waals surface area contributed by atoms with Crippen LogP contribution in [0.15, 0.2) is 36.7 Å². The standard InChI is InChI=1S/C20H22N4O4/c1-11-7-5-6-8-13(11)24-10-12(9-21-24)16-14-15(18(26)23(3)17(14)25)20(2,22-16)19(27)28-4/h5-10,14-16,22H,1-4H3/t14-,15-,16-,20-/m1/s1. The van der Waals surface area contributed by atoms with E-state index in [4.69, 9.17) is 4.74 Å². The average Bonchev–Trinajstić information content (AvgIpc) is 3.34. The summed E-state index contributed by atoms with van der Waals surface area (Å²) in [5.41, 5.74) is 1.43. The maximum atomic E-state index is 12.8. The minimum atomic E-state index is -1.29. The molecule has 2 aliphatic heterocycles. The van der Waals surface area contributed by atoms with Crippen LogP contribution in [-0.2, 0) is 19.1 Å². The number of para-hydroxylation sites is 1. The Morgan fingerprint density at radius 2 is 1.96 bits per heavy atom. The quantitative estimate of drug-likeness (QED) is 0.629. The fraction of sp³-hybridized carbons (Fsp3) is 0.400. The van der Waals surface area contributed by atoms with Crippen LogP contribution in [0.1, 0.15) is 24.1 Å². The van der Waals surface area contributed by atoms with Crippen molar-refractivity contribution >= 4 is 17.8 Å². The monoisotopic (exact) mass is 382 g/mol. The van der Waals surface area contributed by atoms with Gasteiger partial charge in [0.15, 0.2) is 0 Å². The van der Waals surface area contributed by atoms with Gasteiger partial charge in [0, 0.05) is 24.8 Å². The van der Waals surface area contributed by atoms with E-state index >= 15 is 0 Å². The van der Waals surface area contributed by atoms with Crippen LogP contribution in [0.3, 0.4) is 0 Å². The number of fused-ring (bicyclic) bond motifs is 1. The van der Waals surface area contributed by atoms with E-state index in [9.17, 15) is 14.4 Å². The average molecular weight is 382 g/mol. The predicted octanol–water partition coefficient (Wildman–Crippen LogP) is 0.988. The SMILES string of the molecule is COC(=O)[C@]1(C)N[C@H](c2cnn(-c3ccccc3C)c2)[C@@H]2C(=O)N(C)C(=O)[C@@H]21. The second-order valence-corrected chi connectivity index (χ2v) is 7.56. The fourth-order valence-electron chi connectivity index (χ4n) is 4.42. The number of aromatic nitrogens is 2. The van der Waals surface area contributed by atoms with E-state index in [1.54, 1.807) is 17.8 Å². The van der Waals surface area contributed by atoms with Gasteiger partial charge in [0.1, 0.15) is 5.54 Å². The molecular formula is C20H22N4O4. The van der Waals surface area contributed by atoms with Crippen LogP contribution in [0.25, 0.3) is 5.69 Å². The maximum absolute atomic E-state index is 12.8. The third-order valence-electron chi connectivity index (χ3n) is 5.94. The van der Waals surface area contributed by atoms with E-state index in [1.807, 2.05) is 37.4 Å². The summed E-state index contributed by atoms with van der Waals surface area (Å²) in [7, 11) is 2.73. The number of esters is 1. The first-order valence-corrected chi connectivity index (χ1v) is 9.07. The number of carbonyl (C=O) groups is 3. The number of hydrogen-bond acceptors (Lipinski definition) is 6. The van der Waals surface area contributed by atoms with Gasteiger partial charge in [-0.05, 0) is 25.5 Å². The lowest BCUT2D eigenvalue weighted by atomic mass is 9.80. The van der Waals surface area contributed by atoms with Gasteiger partial charge in [-0.3, -0.25) is 24.6 Å². The minimum Gasteiger partial charge on any atom is -0.468 e. The molecule has 2 aliphatic rings. The van der Waals surface area contributed by atoms with E-state index in [0.717, 1.165) is 21.7 Å². The summed E-state index contributed by atoms with van der Waals surface area (Å²) >= 11 is 0. The minimum absolute atomic E-state index is 0.302. The predicted molar refractivity (Wildman–Crippen MR) is 99.4 cm³/mol. The lowest BCUT2D eigenvalue weighted by Crippen LogP contribution is -2.53. The van der Waals surface area contributed by atoms with Crippen molar-refractivity contribution in [2.24, 2.45) is 11.8 Å². The maximum Gasteiger partial charge on any atom is 0.326 e. The first-order valence-electron chi connectivity index (χ1n) is 9.07. The van der Waals surface area contributed by atoms with Crippen LogP contribution in [0, 0.1) is 18.8 Å². The van der Waals surface area contributed by atoms with E-state index in [0.29, 0.717) is 0 Å². The number of ether oxygens (including phenoxy) is 1. The topological polar surface area (TPSA) is 93.5 Å². The number of rotatable bonds is 3. The molecule has 146 valence electrons. The van der Waals surface area contributed by atoms with E-state index in [1.165, 1.54) is 14.2 Å². The Balaban J connectivity index is 1.76. The van der Waals surface area contributed by atoms with Gasteiger partial charge in [0.05, 0.1) is 30.8 Å². The lowest BCUT2D eigenvalue weighted by molar-refractivity contribution is -0.152. The summed E-state index contributed by atoms with van der Waals surface area (Å²) in [5, 5.41) is 7.63. The van der Waals surface area contributed by atoms with E-state index in [-0.39, 0.29) is 11.8 Å². The zero-order valence-corrected chi connectivity index (χ0v) is 16.2. The second kappa shape index (κ2) is 6.27. The number of carbonyl (C=O) groups excluding carboxylic acids is 3. The molecule has 2 amide bonds. The summed E-state index contributed by atoms with van der Waals surface area (Å²) in [6.45, 7) is 3.61. The van der Waals surface area contributed by atoms with Gasteiger partial charge in [0.25, 0.3) is 0 Å². The summed E-state index contributed by atoms with van der Waals surface area (Å²) < 4.78 is 6.67. The number of benzene rings is 1. The number of aryl methyl sites for hydroxylation is 1. The van der Waals surface area contributed by atoms with Crippen LogP contribution >= 0.6 is 0 Å². The van der Waals surface area contributed by atoms with Crippen LogP contribution in [-0.4, -0.2) is 52.2 Å². The molecule has 2 fully saturated rings. The number of nitrogens with zero attached hydrogens (tertiary/aromatic N) is 3. The largest absolute Gasteiger partial charge is 0.468 e. The van der Waals surface area contributed by atoms with Gasteiger partial charge in [-0.1, -0.05) is 18.2 Å². The van der Waals surface area contributed by atoms with Gasteiger partial charge < -0.3 is 4.74 Å². The fourth-order valence-corrected chi connectivity index (χ4v) is 4.42. The van der Waals surface area contributed by atoms with E-state index < -0.39 is 29.4 Å². The molecule has 4 rings (SSSR count). The molecule has 1 N–H and O–H groups in total. The Morgan fingerprint density at radius 1 is 1.25 bits per heavy atom. The van der Waals surface area contributed by atoms with Crippen molar-refractivity contribution in [2.75, 3.05) is 14.2 Å². The first kappa shape index (κ1) is 18.4. The summed E-state index contributed by atoms with van der Waals surface area (Å²) in [6, 6.07) is 7.30. The summed E-state index contributed by atoms with van der Waals surface area (Å²) in [4.78, 5) is 39.1. The van der Waals surface area contributed by atoms with Gasteiger partial charge in [0.2, 0.25) is 11.8 Å². The molecule has 2 aromatic rings. The van der Waals surface area contributed by atoms with Crippen molar-refractivity contribution in [2.45, 2.75) is 25.4 Å². The number of nitrogens with one attached hydrogen (secondary N) is 1. The van der Waals surface area contributed by atoms with Crippen molar-refractivity contribution in [1.29, 1.82) is 0 Å². The van der Waals surface area contributed by atoms with E-state index in [2.05, 4.69) is 10.4 Å². The number of methoxy groups -OCH3 is 1. The molecule has 3 heterocycles. The molecule has 0 aliphatic carbocycles. The van der Waals surface area contributed by atoms with Crippen LogP contribution in [0.2, 0.25) is 0 Å². The molecule has 0 unspecified atom stereocenters. The molecule has 8 heteroatoms. The molecular weight excluding hydrogens is 360 g/mol. The Bertz CT molecular complexity index is 984. The van der Waals surface area contributed by atoms with Crippen LogP contribution < -0.4 is 5.32 Å². The zero-order chi connectivity index (χ0) is 20.2. The molecule has 1 aromatic carbocycles. The highest BCUT2D eigenvalue weighted by Crippen LogP contribution is 2.48. The molecule has 28 heavy (non-hydrogen) atoms. The van der Waals surface area contributed by atoms with Gasteiger partial charge in [-0.25, -0.2) is 4.68 Å². The number of amides is 2. The highest BCUT2D eigenvalue weighted by atomic mass is 16.5. The highest BCUT2D eigenvalue weighted by Gasteiger charge is 2.66. The Hall–Kier alpha value is -3.00. The molecule has 0 radical (unpaired) electrons. The molecule has 8 nitrogen and oxygen atoms in total.